The third kappa shape index (κ3) is 3.52. The Kier molecular flexibility index (Phi) is 4.79. The van der Waals surface area contributed by atoms with Gasteiger partial charge >= 0.3 is 0 Å². The maximum Gasteiger partial charge on any atom is 0.255 e. The Balaban J connectivity index is 1.24. The Hall–Kier alpha value is -3.59. The predicted molar refractivity (Wildman–Crippen MR) is 130 cm³/mol. The zero-order chi connectivity index (χ0) is 24.6. The van der Waals surface area contributed by atoms with Gasteiger partial charge in [0.05, 0.1) is 5.69 Å². The van der Waals surface area contributed by atoms with Crippen LogP contribution in [-0.2, 0) is 22.7 Å². The van der Waals surface area contributed by atoms with Crippen LogP contribution in [0.1, 0.15) is 53.2 Å². The Morgan fingerprint density at radius 1 is 1.06 bits per heavy atom. The largest absolute Gasteiger partial charge is 0.329 e. The summed E-state index contributed by atoms with van der Waals surface area (Å²) in [7, 11) is 0. The molecule has 2 aromatic heterocycles. The Morgan fingerprint density at radius 2 is 1.89 bits per heavy atom. The van der Waals surface area contributed by atoms with Crippen molar-refractivity contribution in [3.63, 3.8) is 0 Å². The van der Waals surface area contributed by atoms with E-state index in [4.69, 9.17) is 4.98 Å². The number of pyridine rings is 1. The minimum absolute atomic E-state index is 0.184. The number of aromatic nitrogens is 2. The third-order valence-electron chi connectivity index (χ3n) is 7.84. The van der Waals surface area contributed by atoms with Crippen molar-refractivity contribution in [2.75, 3.05) is 13.1 Å². The number of nitrogens with one attached hydrogen (secondary N) is 1. The van der Waals surface area contributed by atoms with Gasteiger partial charge in [0.2, 0.25) is 11.8 Å². The second-order valence-electron chi connectivity index (χ2n) is 10.4. The predicted octanol–water partition coefficient (Wildman–Crippen LogP) is 2.95. The van der Waals surface area contributed by atoms with Gasteiger partial charge < -0.3 is 9.47 Å². The van der Waals surface area contributed by atoms with Crippen LogP contribution in [0, 0.1) is 0 Å². The molecule has 1 aliphatic carbocycles. The summed E-state index contributed by atoms with van der Waals surface area (Å²) in [5.74, 6) is -0.890. The number of benzene rings is 1. The van der Waals surface area contributed by atoms with E-state index in [1.165, 1.54) is 0 Å². The van der Waals surface area contributed by atoms with Gasteiger partial charge in [0.1, 0.15) is 17.9 Å². The number of hydrogen-bond acceptors (Lipinski definition) is 5. The lowest BCUT2D eigenvalue weighted by Crippen LogP contribution is -2.52. The second-order valence-corrected chi connectivity index (χ2v) is 10.4. The summed E-state index contributed by atoms with van der Waals surface area (Å²) in [5, 5.41) is 3.45. The second kappa shape index (κ2) is 7.96. The number of carbonyl (C=O) groups excluding carboxylic acids is 3. The molecular formula is C27H26FN5O3. The minimum Gasteiger partial charge on any atom is -0.329 e. The van der Waals surface area contributed by atoms with E-state index >= 15 is 0 Å². The number of piperidine rings is 1. The molecule has 5 heterocycles. The summed E-state index contributed by atoms with van der Waals surface area (Å²) in [6.45, 7) is 1.92. The Morgan fingerprint density at radius 3 is 2.64 bits per heavy atom. The molecule has 3 aliphatic heterocycles. The molecule has 36 heavy (non-hydrogen) atoms. The van der Waals surface area contributed by atoms with Crippen LogP contribution < -0.4 is 5.32 Å². The van der Waals surface area contributed by atoms with Crippen LogP contribution in [0.5, 0.6) is 0 Å². The molecule has 1 N–H and O–H groups in total. The first-order chi connectivity index (χ1) is 17.4. The lowest BCUT2D eigenvalue weighted by molar-refractivity contribution is -0.136. The summed E-state index contributed by atoms with van der Waals surface area (Å²) in [4.78, 5) is 45.7. The number of nitrogens with zero attached hydrogens (tertiary/aromatic N) is 4. The highest BCUT2D eigenvalue weighted by atomic mass is 19.1. The van der Waals surface area contributed by atoms with Gasteiger partial charge in [0, 0.05) is 61.4 Å². The van der Waals surface area contributed by atoms with Gasteiger partial charge in [-0.2, -0.15) is 0 Å². The van der Waals surface area contributed by atoms with Crippen LogP contribution in [0.4, 0.5) is 4.39 Å². The number of halogens is 1. The highest BCUT2D eigenvalue weighted by molar-refractivity contribution is 6.05. The molecule has 9 heteroatoms. The first-order valence-electron chi connectivity index (χ1n) is 12.6. The molecule has 1 atom stereocenters. The zero-order valence-electron chi connectivity index (χ0n) is 19.7. The van der Waals surface area contributed by atoms with E-state index in [-0.39, 0.29) is 18.2 Å². The average molecular weight is 488 g/mol. The number of rotatable bonds is 5. The van der Waals surface area contributed by atoms with Crippen LogP contribution >= 0.6 is 0 Å². The van der Waals surface area contributed by atoms with Gasteiger partial charge in [-0.25, -0.2) is 9.37 Å². The van der Waals surface area contributed by atoms with E-state index in [2.05, 4.69) is 33.1 Å². The number of fused-ring (bicyclic) bond motifs is 2. The molecule has 4 aliphatic rings. The van der Waals surface area contributed by atoms with Crippen LogP contribution in [-0.4, -0.2) is 62.4 Å². The molecule has 0 spiro atoms. The van der Waals surface area contributed by atoms with E-state index in [1.54, 1.807) is 4.90 Å². The van der Waals surface area contributed by atoms with Gasteiger partial charge in [-0.15, -0.1) is 0 Å². The Labute approximate surface area is 207 Å². The third-order valence-corrected chi connectivity index (χ3v) is 7.84. The van der Waals surface area contributed by atoms with Gasteiger partial charge in [0.15, 0.2) is 0 Å². The van der Waals surface area contributed by atoms with Gasteiger partial charge in [-0.1, -0.05) is 6.07 Å². The fraction of sp³-hybridized carbons (Fsp3) is 0.407. The summed E-state index contributed by atoms with van der Waals surface area (Å²) in [5.41, 5.74) is 5.24. The van der Waals surface area contributed by atoms with Crippen molar-refractivity contribution in [1.82, 2.24) is 24.7 Å². The summed E-state index contributed by atoms with van der Waals surface area (Å²) in [6.07, 6.45) is 4.23. The molecule has 0 radical (unpaired) electrons. The maximum absolute atomic E-state index is 13.5. The molecule has 3 fully saturated rings. The van der Waals surface area contributed by atoms with Crippen molar-refractivity contribution in [2.24, 2.45) is 0 Å². The van der Waals surface area contributed by atoms with Gasteiger partial charge in [-0.05, 0) is 54.7 Å². The maximum atomic E-state index is 13.5. The number of amides is 3. The zero-order valence-corrected chi connectivity index (χ0v) is 19.7. The Bertz CT molecular complexity index is 1440. The molecule has 2 saturated heterocycles. The van der Waals surface area contributed by atoms with Crippen molar-refractivity contribution >= 4 is 28.8 Å². The van der Waals surface area contributed by atoms with Gasteiger partial charge in [0.25, 0.3) is 5.91 Å². The average Bonchev–Trinajstić information content (AvgIpc) is 3.51. The topological polar surface area (TPSA) is 87.5 Å². The summed E-state index contributed by atoms with van der Waals surface area (Å²) in [6, 6.07) is 9.76. The van der Waals surface area contributed by atoms with E-state index in [0.717, 1.165) is 46.3 Å². The van der Waals surface area contributed by atoms with E-state index < -0.39 is 18.1 Å². The molecule has 1 aromatic carbocycles. The standard InChI is InChI=1S/C27H26FN5O3/c28-18-13-31(14-18)11-17-10-22(29-25-20(17)7-8-32(25)19-2-3-19)15-1-4-21-16(9-15)12-33(27(21)36)23-5-6-24(34)30-26(23)35/h1,4,7-10,18-19,23H,2-3,5-6,11-14H2,(H,30,34,35). The number of imide groups is 1. The van der Waals surface area contributed by atoms with Crippen molar-refractivity contribution in [2.45, 2.75) is 57.0 Å². The highest BCUT2D eigenvalue weighted by Gasteiger charge is 2.39. The van der Waals surface area contributed by atoms with E-state index in [0.29, 0.717) is 44.2 Å². The van der Waals surface area contributed by atoms with Crippen LogP contribution in [0.25, 0.3) is 22.3 Å². The van der Waals surface area contributed by atoms with Crippen LogP contribution in [0.3, 0.4) is 0 Å². The summed E-state index contributed by atoms with van der Waals surface area (Å²) < 4.78 is 15.7. The van der Waals surface area contributed by atoms with Crippen molar-refractivity contribution in [3.05, 3.63) is 53.2 Å². The first-order valence-corrected chi connectivity index (χ1v) is 12.6. The van der Waals surface area contributed by atoms with E-state index in [9.17, 15) is 18.8 Å². The van der Waals surface area contributed by atoms with Crippen LogP contribution in [0.15, 0.2) is 36.5 Å². The monoisotopic (exact) mass is 487 g/mol. The first kappa shape index (κ1) is 21.7. The molecule has 3 amide bonds. The molecule has 1 unspecified atom stereocenters. The summed E-state index contributed by atoms with van der Waals surface area (Å²) >= 11 is 0. The van der Waals surface area contributed by atoms with Crippen LogP contribution in [0.2, 0.25) is 0 Å². The number of carbonyl (C=O) groups is 3. The minimum atomic E-state index is -0.751. The lowest BCUT2D eigenvalue weighted by atomic mass is 10.0. The van der Waals surface area contributed by atoms with E-state index in [1.807, 2.05) is 18.2 Å². The molecular weight excluding hydrogens is 461 g/mol. The molecule has 3 aromatic rings. The normalized spacial score (nSPS) is 22.8. The molecule has 184 valence electrons. The lowest BCUT2D eigenvalue weighted by Gasteiger charge is -2.34. The molecule has 7 rings (SSSR count). The highest BCUT2D eigenvalue weighted by Crippen LogP contribution is 2.39. The van der Waals surface area contributed by atoms with Crippen molar-refractivity contribution in [3.8, 4) is 11.3 Å². The van der Waals surface area contributed by atoms with Gasteiger partial charge in [-0.3, -0.25) is 24.6 Å². The van der Waals surface area contributed by atoms with Crippen molar-refractivity contribution in [1.29, 1.82) is 0 Å². The fourth-order valence-electron chi connectivity index (χ4n) is 5.73. The quantitative estimate of drug-likeness (QED) is 0.559. The number of hydrogen-bond donors (Lipinski definition) is 1. The molecule has 1 saturated carbocycles. The molecule has 0 bridgehead atoms. The SMILES string of the molecule is O=C1CCC(N2Cc3cc(-c4cc(CN5CC(F)C5)c5ccn(C6CC6)c5n4)ccc3C2=O)C(=O)N1. The number of likely N-dealkylation sites (tertiary alicyclic amines) is 1. The van der Waals surface area contributed by atoms with Crippen molar-refractivity contribution < 1.29 is 18.8 Å². The smallest absolute Gasteiger partial charge is 0.255 e. The molecule has 8 nitrogen and oxygen atoms in total. The number of alkyl halides is 1. The fourth-order valence-corrected chi connectivity index (χ4v) is 5.73.